The molecule has 2 aromatic rings. The Labute approximate surface area is 155 Å². The highest BCUT2D eigenvalue weighted by atomic mass is 16.5. The van der Waals surface area contributed by atoms with E-state index in [1.54, 1.807) is 6.20 Å². The van der Waals surface area contributed by atoms with Crippen molar-refractivity contribution in [3.63, 3.8) is 0 Å². The zero-order chi connectivity index (χ0) is 17.8. The van der Waals surface area contributed by atoms with Crippen LogP contribution < -0.4 is 0 Å². The van der Waals surface area contributed by atoms with Gasteiger partial charge in [-0.3, -0.25) is 9.88 Å². The molecule has 2 saturated heterocycles. The zero-order valence-corrected chi connectivity index (χ0v) is 15.5. The number of aromatic nitrogens is 1. The van der Waals surface area contributed by atoms with E-state index in [0.717, 1.165) is 49.9 Å². The Bertz CT molecular complexity index is 692. The molecule has 0 aromatic carbocycles. The van der Waals surface area contributed by atoms with Crippen molar-refractivity contribution in [1.82, 2.24) is 9.88 Å². The van der Waals surface area contributed by atoms with Gasteiger partial charge in [0.05, 0.1) is 38.2 Å². The molecule has 0 amide bonds. The van der Waals surface area contributed by atoms with E-state index in [0.29, 0.717) is 18.6 Å². The summed E-state index contributed by atoms with van der Waals surface area (Å²) in [7, 11) is 0. The van der Waals surface area contributed by atoms with Gasteiger partial charge in [0, 0.05) is 6.20 Å². The Hall–Kier alpha value is -1.69. The van der Waals surface area contributed by atoms with Crippen molar-refractivity contribution < 1.29 is 13.9 Å². The van der Waals surface area contributed by atoms with Gasteiger partial charge in [-0.15, -0.1) is 0 Å². The monoisotopic (exact) mass is 356 g/mol. The summed E-state index contributed by atoms with van der Waals surface area (Å²) in [5, 5.41) is 0. The van der Waals surface area contributed by atoms with Crippen LogP contribution in [0.3, 0.4) is 0 Å². The SMILES string of the molecule is Cc1ccc(CN2CCC3(CC2)CO[C@H](COCc2ccccn2)C3)o1. The van der Waals surface area contributed by atoms with Gasteiger partial charge in [-0.25, -0.2) is 0 Å². The maximum Gasteiger partial charge on any atom is 0.118 e. The molecule has 140 valence electrons. The van der Waals surface area contributed by atoms with E-state index >= 15 is 0 Å². The van der Waals surface area contributed by atoms with Crippen LogP contribution in [0.25, 0.3) is 0 Å². The minimum absolute atomic E-state index is 0.220. The molecular formula is C21H28N2O3. The maximum absolute atomic E-state index is 6.06. The normalized spacial score (nSPS) is 22.9. The van der Waals surface area contributed by atoms with E-state index < -0.39 is 0 Å². The van der Waals surface area contributed by atoms with Crippen molar-refractivity contribution in [2.24, 2.45) is 5.41 Å². The molecule has 2 aromatic heterocycles. The maximum atomic E-state index is 6.06. The average Bonchev–Trinajstić information content (AvgIpc) is 3.25. The molecule has 4 heterocycles. The first-order chi connectivity index (χ1) is 12.7. The Balaban J connectivity index is 1.20. The molecular weight excluding hydrogens is 328 g/mol. The fourth-order valence-electron chi connectivity index (χ4n) is 4.11. The smallest absolute Gasteiger partial charge is 0.118 e. The highest BCUT2D eigenvalue weighted by Gasteiger charge is 2.42. The summed E-state index contributed by atoms with van der Waals surface area (Å²) in [5.74, 6) is 2.06. The first-order valence-corrected chi connectivity index (χ1v) is 9.58. The van der Waals surface area contributed by atoms with E-state index in [2.05, 4.69) is 16.0 Å². The molecule has 2 aliphatic rings. The number of nitrogens with zero attached hydrogens (tertiary/aromatic N) is 2. The summed E-state index contributed by atoms with van der Waals surface area (Å²) in [6, 6.07) is 10.0. The molecule has 2 aliphatic heterocycles. The van der Waals surface area contributed by atoms with Crippen LogP contribution in [0, 0.1) is 12.3 Å². The van der Waals surface area contributed by atoms with Gasteiger partial charge in [-0.05, 0) is 69.0 Å². The molecule has 2 fully saturated rings. The Morgan fingerprint density at radius 3 is 2.85 bits per heavy atom. The van der Waals surface area contributed by atoms with Crippen LogP contribution in [0.15, 0.2) is 40.9 Å². The molecule has 5 nitrogen and oxygen atoms in total. The molecule has 0 bridgehead atoms. The molecule has 0 N–H and O–H groups in total. The number of furan rings is 1. The lowest BCUT2D eigenvalue weighted by molar-refractivity contribution is 0.00544. The summed E-state index contributed by atoms with van der Waals surface area (Å²) < 4.78 is 17.6. The minimum Gasteiger partial charge on any atom is -0.465 e. The van der Waals surface area contributed by atoms with Crippen LogP contribution in [0.5, 0.6) is 0 Å². The number of piperidine rings is 1. The summed E-state index contributed by atoms with van der Waals surface area (Å²) in [6.07, 6.45) is 5.53. The topological polar surface area (TPSA) is 47.7 Å². The molecule has 1 atom stereocenters. The van der Waals surface area contributed by atoms with Gasteiger partial charge in [0.15, 0.2) is 0 Å². The number of aryl methyl sites for hydroxylation is 1. The van der Waals surface area contributed by atoms with E-state index in [1.165, 1.54) is 12.8 Å². The van der Waals surface area contributed by atoms with Crippen LogP contribution in [-0.4, -0.2) is 42.3 Å². The van der Waals surface area contributed by atoms with Gasteiger partial charge in [0.1, 0.15) is 11.5 Å². The third kappa shape index (κ3) is 4.34. The second-order valence-electron chi connectivity index (χ2n) is 7.76. The second-order valence-corrected chi connectivity index (χ2v) is 7.76. The first-order valence-electron chi connectivity index (χ1n) is 9.58. The molecule has 26 heavy (non-hydrogen) atoms. The zero-order valence-electron chi connectivity index (χ0n) is 15.5. The Morgan fingerprint density at radius 2 is 2.12 bits per heavy atom. The highest BCUT2D eigenvalue weighted by molar-refractivity contribution is 5.06. The van der Waals surface area contributed by atoms with Crippen molar-refractivity contribution in [2.45, 2.75) is 45.4 Å². The van der Waals surface area contributed by atoms with E-state index in [1.807, 2.05) is 31.2 Å². The van der Waals surface area contributed by atoms with E-state index in [9.17, 15) is 0 Å². The summed E-state index contributed by atoms with van der Waals surface area (Å²) >= 11 is 0. The van der Waals surface area contributed by atoms with Crippen LogP contribution in [-0.2, 0) is 22.6 Å². The quantitative estimate of drug-likeness (QED) is 0.792. The van der Waals surface area contributed by atoms with Crippen molar-refractivity contribution in [2.75, 3.05) is 26.3 Å². The lowest BCUT2D eigenvalue weighted by Crippen LogP contribution is -2.40. The molecule has 0 radical (unpaired) electrons. The van der Waals surface area contributed by atoms with Crippen LogP contribution >= 0.6 is 0 Å². The van der Waals surface area contributed by atoms with Crippen molar-refractivity contribution in [3.05, 3.63) is 53.7 Å². The van der Waals surface area contributed by atoms with Crippen molar-refractivity contribution >= 4 is 0 Å². The summed E-state index contributed by atoms with van der Waals surface area (Å²) in [4.78, 5) is 6.79. The van der Waals surface area contributed by atoms with Gasteiger partial charge in [0.25, 0.3) is 0 Å². The van der Waals surface area contributed by atoms with Gasteiger partial charge >= 0.3 is 0 Å². The predicted octanol–water partition coefficient (Wildman–Crippen LogP) is 3.57. The number of ether oxygens (including phenoxy) is 2. The fraction of sp³-hybridized carbons (Fsp3) is 0.571. The molecule has 0 saturated carbocycles. The van der Waals surface area contributed by atoms with Crippen LogP contribution in [0.4, 0.5) is 0 Å². The molecule has 1 spiro atoms. The molecule has 0 aliphatic carbocycles. The van der Waals surface area contributed by atoms with E-state index in [-0.39, 0.29) is 6.10 Å². The summed E-state index contributed by atoms with van der Waals surface area (Å²) in [6.45, 7) is 7.24. The third-order valence-corrected chi connectivity index (χ3v) is 5.66. The van der Waals surface area contributed by atoms with E-state index in [4.69, 9.17) is 13.9 Å². The molecule has 4 rings (SSSR count). The van der Waals surface area contributed by atoms with Gasteiger partial charge in [-0.2, -0.15) is 0 Å². The Kier molecular flexibility index (Phi) is 5.38. The highest BCUT2D eigenvalue weighted by Crippen LogP contribution is 2.42. The van der Waals surface area contributed by atoms with Crippen molar-refractivity contribution in [3.8, 4) is 0 Å². The van der Waals surface area contributed by atoms with Crippen LogP contribution in [0.2, 0.25) is 0 Å². The first kappa shape index (κ1) is 17.7. The molecule has 5 heteroatoms. The second kappa shape index (κ2) is 7.91. The number of hydrogen-bond acceptors (Lipinski definition) is 5. The van der Waals surface area contributed by atoms with Crippen molar-refractivity contribution in [1.29, 1.82) is 0 Å². The van der Waals surface area contributed by atoms with Gasteiger partial charge in [-0.1, -0.05) is 6.07 Å². The summed E-state index contributed by atoms with van der Waals surface area (Å²) in [5.41, 5.74) is 1.32. The fourth-order valence-corrected chi connectivity index (χ4v) is 4.11. The standard InChI is InChI=1S/C21H28N2O3/c1-17-5-6-19(26-17)13-23-10-7-21(8-11-23)12-20(25-16-21)15-24-14-18-4-2-3-9-22-18/h2-6,9,20H,7-8,10-16H2,1H3/t20-/m0/s1. The average molecular weight is 356 g/mol. The third-order valence-electron chi connectivity index (χ3n) is 5.66. The number of rotatable bonds is 6. The van der Waals surface area contributed by atoms with Gasteiger partial charge in [0.2, 0.25) is 0 Å². The number of likely N-dealkylation sites (tertiary alicyclic amines) is 1. The molecule has 0 unspecified atom stereocenters. The minimum atomic E-state index is 0.220. The van der Waals surface area contributed by atoms with Gasteiger partial charge < -0.3 is 13.9 Å². The predicted molar refractivity (Wildman–Crippen MR) is 98.6 cm³/mol. The largest absolute Gasteiger partial charge is 0.465 e. The lowest BCUT2D eigenvalue weighted by atomic mass is 9.76. The number of pyridine rings is 1. The lowest BCUT2D eigenvalue weighted by Gasteiger charge is -2.38. The Morgan fingerprint density at radius 1 is 1.23 bits per heavy atom. The van der Waals surface area contributed by atoms with Crippen LogP contribution in [0.1, 0.15) is 36.5 Å². The number of hydrogen-bond donors (Lipinski definition) is 0.